The number of hydrogen-bond donors (Lipinski definition) is 2. The number of hydrogen-bond acceptors (Lipinski definition) is 4. The zero-order chi connectivity index (χ0) is 16.4. The van der Waals surface area contributed by atoms with E-state index in [1.807, 2.05) is 5.01 Å². The number of piperazine rings is 1. The topological polar surface area (TPSA) is 74.2 Å². The number of nitrogens with zero attached hydrogens (tertiary/aromatic N) is 2. The first-order valence-electron chi connectivity index (χ1n) is 7.83. The van der Waals surface area contributed by atoms with E-state index >= 15 is 0 Å². The van der Waals surface area contributed by atoms with Gasteiger partial charge < -0.3 is 4.90 Å². The summed E-state index contributed by atoms with van der Waals surface area (Å²) in [6.45, 7) is 3.21. The molecule has 0 saturated carbocycles. The van der Waals surface area contributed by atoms with Gasteiger partial charge in [0.25, 0.3) is 11.8 Å². The second-order valence-electron chi connectivity index (χ2n) is 6.10. The fourth-order valence-electron chi connectivity index (χ4n) is 2.92. The van der Waals surface area contributed by atoms with E-state index < -0.39 is 5.91 Å². The third-order valence-electron chi connectivity index (χ3n) is 4.34. The minimum absolute atomic E-state index is 0.160. The number of amides is 3. The van der Waals surface area contributed by atoms with Crippen molar-refractivity contribution in [3.63, 3.8) is 0 Å². The summed E-state index contributed by atoms with van der Waals surface area (Å²) >= 11 is 0. The van der Waals surface area contributed by atoms with Crippen LogP contribution in [-0.4, -0.2) is 67.4 Å². The molecule has 2 aliphatic heterocycles. The molecule has 23 heavy (non-hydrogen) atoms. The summed E-state index contributed by atoms with van der Waals surface area (Å²) in [4.78, 5) is 39.2. The average Bonchev–Trinajstić information content (AvgIpc) is 2.54. The van der Waals surface area contributed by atoms with E-state index in [-0.39, 0.29) is 24.8 Å². The van der Waals surface area contributed by atoms with Gasteiger partial charge in [-0.2, -0.15) is 0 Å². The van der Waals surface area contributed by atoms with Gasteiger partial charge in [-0.25, -0.2) is 5.01 Å². The first-order chi connectivity index (χ1) is 11.0. The van der Waals surface area contributed by atoms with E-state index in [1.165, 1.54) is 4.90 Å². The second-order valence-corrected chi connectivity index (χ2v) is 6.10. The van der Waals surface area contributed by atoms with Gasteiger partial charge in [-0.05, 0) is 11.6 Å². The molecule has 7 nitrogen and oxygen atoms in total. The molecule has 3 rings (SSSR count). The molecule has 0 unspecified atom stereocenters. The van der Waals surface area contributed by atoms with Crippen molar-refractivity contribution in [2.75, 3.05) is 39.8 Å². The molecule has 3 amide bonds. The molecule has 0 aromatic heterocycles. The quantitative estimate of drug-likeness (QED) is 0.637. The summed E-state index contributed by atoms with van der Waals surface area (Å²) in [6.07, 6.45) is 0.160. The van der Waals surface area contributed by atoms with E-state index in [0.29, 0.717) is 5.56 Å². The van der Waals surface area contributed by atoms with E-state index in [4.69, 9.17) is 0 Å². The van der Waals surface area contributed by atoms with Crippen LogP contribution in [0.2, 0.25) is 0 Å². The molecular weight excluding hydrogens is 296 g/mol. The predicted molar refractivity (Wildman–Crippen MR) is 82.5 cm³/mol. The van der Waals surface area contributed by atoms with Crippen molar-refractivity contribution in [3.05, 3.63) is 35.4 Å². The summed E-state index contributed by atoms with van der Waals surface area (Å²) in [5.74, 6) is -1.05. The Hall–Kier alpha value is -2.25. The lowest BCUT2D eigenvalue weighted by atomic mass is 9.98. The lowest BCUT2D eigenvalue weighted by molar-refractivity contribution is -0.884. The first-order valence-corrected chi connectivity index (χ1v) is 7.83. The average molecular weight is 317 g/mol. The zero-order valence-corrected chi connectivity index (χ0v) is 13.2. The van der Waals surface area contributed by atoms with Crippen LogP contribution in [0.25, 0.3) is 0 Å². The van der Waals surface area contributed by atoms with Crippen LogP contribution in [0.3, 0.4) is 0 Å². The number of fused-ring (bicyclic) bond motifs is 1. The van der Waals surface area contributed by atoms with Crippen molar-refractivity contribution in [1.29, 1.82) is 0 Å². The molecule has 1 saturated heterocycles. The Balaban J connectivity index is 1.62. The lowest BCUT2D eigenvalue weighted by Crippen LogP contribution is -3.12. The summed E-state index contributed by atoms with van der Waals surface area (Å²) < 4.78 is 0. The predicted octanol–water partition coefficient (Wildman–Crippen LogP) is -1.93. The third kappa shape index (κ3) is 3.40. The van der Waals surface area contributed by atoms with Crippen molar-refractivity contribution in [3.8, 4) is 0 Å². The third-order valence-corrected chi connectivity index (χ3v) is 4.34. The zero-order valence-electron chi connectivity index (χ0n) is 13.2. The van der Waals surface area contributed by atoms with Crippen LogP contribution in [0.5, 0.6) is 0 Å². The molecule has 2 heterocycles. The monoisotopic (exact) mass is 317 g/mol. The molecule has 0 atom stereocenters. The van der Waals surface area contributed by atoms with Crippen molar-refractivity contribution < 1.29 is 19.3 Å². The van der Waals surface area contributed by atoms with E-state index in [0.717, 1.165) is 36.6 Å². The summed E-state index contributed by atoms with van der Waals surface area (Å²) in [6, 6.07) is 7.03. The Morgan fingerprint density at radius 1 is 1.22 bits per heavy atom. The van der Waals surface area contributed by atoms with Crippen molar-refractivity contribution in [2.24, 2.45) is 0 Å². The smallest absolute Gasteiger partial charge is 0.261 e. The van der Waals surface area contributed by atoms with E-state index in [9.17, 15) is 14.4 Å². The fraction of sp³-hybridized carbons (Fsp3) is 0.438. The van der Waals surface area contributed by atoms with Gasteiger partial charge in [-0.15, -0.1) is 0 Å². The molecular formula is C16H21N4O3+. The largest absolute Gasteiger partial charge is 0.335 e. The van der Waals surface area contributed by atoms with Crippen LogP contribution in [0.1, 0.15) is 15.9 Å². The maximum absolute atomic E-state index is 12.4. The summed E-state index contributed by atoms with van der Waals surface area (Å²) in [7, 11) is 2.11. The van der Waals surface area contributed by atoms with E-state index in [2.05, 4.69) is 12.5 Å². The maximum Gasteiger partial charge on any atom is 0.261 e. The van der Waals surface area contributed by atoms with Crippen LogP contribution in [0.15, 0.2) is 24.3 Å². The molecule has 0 radical (unpaired) electrons. The minimum atomic E-state index is -0.394. The van der Waals surface area contributed by atoms with Crippen LogP contribution in [-0.2, 0) is 16.0 Å². The highest BCUT2D eigenvalue weighted by atomic mass is 16.2. The van der Waals surface area contributed by atoms with Crippen molar-refractivity contribution in [2.45, 2.75) is 6.42 Å². The molecule has 0 spiro atoms. The van der Waals surface area contributed by atoms with Gasteiger partial charge in [-0.1, -0.05) is 18.2 Å². The van der Waals surface area contributed by atoms with Gasteiger partial charge in [0.15, 0.2) is 0 Å². The molecule has 1 aromatic rings. The summed E-state index contributed by atoms with van der Waals surface area (Å²) in [5, 5.41) is 1.85. The Kier molecular flexibility index (Phi) is 4.40. The fourth-order valence-corrected chi connectivity index (χ4v) is 2.92. The molecule has 2 aliphatic rings. The Morgan fingerprint density at radius 3 is 2.65 bits per heavy atom. The van der Waals surface area contributed by atoms with Crippen molar-refractivity contribution >= 4 is 17.7 Å². The Morgan fingerprint density at radius 2 is 1.91 bits per heavy atom. The molecule has 7 heteroatoms. The standard InChI is InChI=1S/C16H20N4O3/c1-18-6-8-19(9-7-18)17-14(21)11-20-15(22)10-12-4-2-3-5-13(12)16(20)23/h2-5H,6-11H2,1H3,(H,17,21)/p+1. The Bertz CT molecular complexity index is 638. The number of hydrazine groups is 1. The number of carbonyl (C=O) groups excluding carboxylic acids is 3. The van der Waals surface area contributed by atoms with Gasteiger partial charge in [0.2, 0.25) is 5.91 Å². The molecule has 0 bridgehead atoms. The SMILES string of the molecule is C[NH+]1CCN(NC(=O)CN2C(=O)Cc3ccccc3C2=O)CC1. The number of benzene rings is 1. The van der Waals surface area contributed by atoms with Gasteiger partial charge in [0, 0.05) is 5.56 Å². The van der Waals surface area contributed by atoms with Crippen molar-refractivity contribution in [1.82, 2.24) is 15.3 Å². The van der Waals surface area contributed by atoms with Gasteiger partial charge in [-0.3, -0.25) is 24.7 Å². The van der Waals surface area contributed by atoms with Gasteiger partial charge in [0.05, 0.1) is 39.6 Å². The van der Waals surface area contributed by atoms with E-state index in [1.54, 1.807) is 24.3 Å². The van der Waals surface area contributed by atoms with Gasteiger partial charge in [0.1, 0.15) is 6.54 Å². The summed E-state index contributed by atoms with van der Waals surface area (Å²) in [5.41, 5.74) is 4.01. The number of quaternary nitrogens is 1. The molecule has 0 aliphatic carbocycles. The number of nitrogens with one attached hydrogen (secondary N) is 2. The van der Waals surface area contributed by atoms with Crippen LogP contribution in [0.4, 0.5) is 0 Å². The maximum atomic E-state index is 12.4. The highest BCUT2D eigenvalue weighted by Gasteiger charge is 2.32. The number of imide groups is 1. The first kappa shape index (κ1) is 15.6. The number of carbonyl (C=O) groups is 3. The number of likely N-dealkylation sites (N-methyl/N-ethyl adjacent to an activating group) is 1. The Labute approximate surface area is 134 Å². The molecule has 2 N–H and O–H groups in total. The molecule has 122 valence electrons. The second kappa shape index (κ2) is 6.47. The van der Waals surface area contributed by atoms with Crippen LogP contribution < -0.4 is 10.3 Å². The minimum Gasteiger partial charge on any atom is -0.335 e. The number of rotatable bonds is 3. The van der Waals surface area contributed by atoms with Crippen LogP contribution >= 0.6 is 0 Å². The molecule has 1 fully saturated rings. The van der Waals surface area contributed by atoms with Gasteiger partial charge >= 0.3 is 0 Å². The molecule has 1 aromatic carbocycles. The lowest BCUT2D eigenvalue weighted by Gasteiger charge is -2.31. The normalized spacial score (nSPS) is 19.6. The van der Waals surface area contributed by atoms with Crippen LogP contribution in [0, 0.1) is 0 Å². The highest BCUT2D eigenvalue weighted by Crippen LogP contribution is 2.19. The highest BCUT2D eigenvalue weighted by molar-refractivity contribution is 6.11.